The molecule has 0 bridgehead atoms. The van der Waals surface area contributed by atoms with Gasteiger partial charge < -0.3 is 5.11 Å². The average molecular weight is 170 g/mol. The first-order valence-electron chi connectivity index (χ1n) is 3.84. The van der Waals surface area contributed by atoms with Crippen molar-refractivity contribution in [2.45, 2.75) is 32.8 Å². The molecule has 0 unspecified atom stereocenters. The molecule has 0 fully saturated rings. The van der Waals surface area contributed by atoms with Gasteiger partial charge in [0.15, 0.2) is 0 Å². The first-order chi connectivity index (χ1) is 5.04. The van der Waals surface area contributed by atoms with Crippen LogP contribution in [-0.2, 0) is 12.0 Å². The third-order valence-corrected chi connectivity index (χ3v) is 2.96. The fraction of sp³-hybridized carbons (Fsp3) is 0.556. The predicted molar refractivity (Wildman–Crippen MR) is 48.9 cm³/mol. The Hall–Kier alpha value is -0.340. The molecule has 1 aromatic rings. The summed E-state index contributed by atoms with van der Waals surface area (Å²) in [5, 5.41) is 11.7. The van der Waals surface area contributed by atoms with Gasteiger partial charge >= 0.3 is 0 Å². The topological polar surface area (TPSA) is 20.2 Å². The maximum Gasteiger partial charge on any atom is 0.0932 e. The van der Waals surface area contributed by atoms with E-state index in [0.717, 1.165) is 11.3 Å². The van der Waals surface area contributed by atoms with E-state index in [-0.39, 0.29) is 0 Å². The van der Waals surface area contributed by atoms with Crippen LogP contribution < -0.4 is 0 Å². The molecule has 0 radical (unpaired) electrons. The standard InChI is InChI=1S/C9H14OS/c1-4-7-5-8(11-6-7)9(2,3)10/h5-6,10H,4H2,1-3H3. The van der Waals surface area contributed by atoms with E-state index in [1.165, 1.54) is 5.56 Å². The fourth-order valence-corrected chi connectivity index (χ4v) is 1.90. The van der Waals surface area contributed by atoms with Crippen LogP contribution in [0.4, 0.5) is 0 Å². The van der Waals surface area contributed by atoms with Crippen molar-refractivity contribution in [2.75, 3.05) is 0 Å². The van der Waals surface area contributed by atoms with Crippen molar-refractivity contribution in [3.63, 3.8) is 0 Å². The Morgan fingerprint density at radius 1 is 1.55 bits per heavy atom. The van der Waals surface area contributed by atoms with Gasteiger partial charge in [-0.3, -0.25) is 0 Å². The van der Waals surface area contributed by atoms with Crippen LogP contribution in [0.5, 0.6) is 0 Å². The number of aliphatic hydroxyl groups is 1. The molecule has 0 atom stereocenters. The predicted octanol–water partition coefficient (Wildman–Crippen LogP) is 2.54. The van der Waals surface area contributed by atoms with Crippen molar-refractivity contribution in [3.05, 3.63) is 21.9 Å². The second-order valence-corrected chi connectivity index (χ2v) is 4.14. The number of hydrogen-bond acceptors (Lipinski definition) is 2. The van der Waals surface area contributed by atoms with E-state index >= 15 is 0 Å². The zero-order chi connectivity index (χ0) is 8.48. The number of hydrogen-bond donors (Lipinski definition) is 1. The Balaban J connectivity index is 2.89. The van der Waals surface area contributed by atoms with E-state index in [1.807, 2.05) is 13.8 Å². The molecule has 0 spiro atoms. The van der Waals surface area contributed by atoms with Crippen LogP contribution in [0.15, 0.2) is 11.4 Å². The molecule has 0 aromatic carbocycles. The van der Waals surface area contributed by atoms with Crippen LogP contribution in [0, 0.1) is 0 Å². The van der Waals surface area contributed by atoms with Gasteiger partial charge in [-0.15, -0.1) is 11.3 Å². The van der Waals surface area contributed by atoms with Crippen LogP contribution in [0.3, 0.4) is 0 Å². The third kappa shape index (κ3) is 2.04. The fourth-order valence-electron chi connectivity index (χ4n) is 0.882. The van der Waals surface area contributed by atoms with Gasteiger partial charge in [0, 0.05) is 4.88 Å². The number of rotatable bonds is 2. The van der Waals surface area contributed by atoms with Gasteiger partial charge in [-0.25, -0.2) is 0 Å². The molecule has 0 aliphatic carbocycles. The quantitative estimate of drug-likeness (QED) is 0.723. The smallest absolute Gasteiger partial charge is 0.0932 e. The van der Waals surface area contributed by atoms with Gasteiger partial charge in [0.2, 0.25) is 0 Å². The molecule has 1 heterocycles. The van der Waals surface area contributed by atoms with Gasteiger partial charge in [-0.05, 0) is 37.3 Å². The largest absolute Gasteiger partial charge is 0.385 e. The molecular formula is C9H14OS. The molecule has 1 aromatic heterocycles. The summed E-state index contributed by atoms with van der Waals surface area (Å²) in [7, 11) is 0. The van der Waals surface area contributed by atoms with Crippen molar-refractivity contribution in [1.29, 1.82) is 0 Å². The van der Waals surface area contributed by atoms with Crippen LogP contribution in [0.2, 0.25) is 0 Å². The summed E-state index contributed by atoms with van der Waals surface area (Å²) in [6, 6.07) is 2.07. The lowest BCUT2D eigenvalue weighted by Gasteiger charge is -2.13. The number of aryl methyl sites for hydroxylation is 1. The summed E-state index contributed by atoms with van der Waals surface area (Å²) in [4.78, 5) is 1.05. The first-order valence-corrected chi connectivity index (χ1v) is 4.72. The minimum Gasteiger partial charge on any atom is -0.385 e. The molecule has 2 heteroatoms. The Labute approximate surface area is 71.7 Å². The summed E-state index contributed by atoms with van der Waals surface area (Å²) in [6.07, 6.45) is 1.05. The van der Waals surface area contributed by atoms with Gasteiger partial charge in [0.1, 0.15) is 0 Å². The van der Waals surface area contributed by atoms with E-state index in [9.17, 15) is 5.11 Å². The minimum absolute atomic E-state index is 0.669. The van der Waals surface area contributed by atoms with Crippen molar-refractivity contribution in [3.8, 4) is 0 Å². The summed E-state index contributed by atoms with van der Waals surface area (Å²) in [6.45, 7) is 5.76. The molecule has 0 saturated heterocycles. The Morgan fingerprint density at radius 3 is 2.45 bits per heavy atom. The van der Waals surface area contributed by atoms with E-state index < -0.39 is 5.60 Å². The van der Waals surface area contributed by atoms with Gasteiger partial charge in [-0.2, -0.15) is 0 Å². The number of thiophene rings is 1. The highest BCUT2D eigenvalue weighted by Crippen LogP contribution is 2.26. The van der Waals surface area contributed by atoms with Crippen molar-refractivity contribution >= 4 is 11.3 Å². The third-order valence-electron chi connectivity index (χ3n) is 1.66. The van der Waals surface area contributed by atoms with Crippen LogP contribution in [-0.4, -0.2) is 5.11 Å². The lowest BCUT2D eigenvalue weighted by molar-refractivity contribution is 0.0825. The highest BCUT2D eigenvalue weighted by Gasteiger charge is 2.17. The van der Waals surface area contributed by atoms with Gasteiger partial charge in [0.05, 0.1) is 5.60 Å². The van der Waals surface area contributed by atoms with Crippen LogP contribution in [0.25, 0.3) is 0 Å². The maximum absolute atomic E-state index is 9.61. The highest BCUT2D eigenvalue weighted by atomic mass is 32.1. The molecule has 0 aliphatic rings. The summed E-state index contributed by atoms with van der Waals surface area (Å²) < 4.78 is 0. The highest BCUT2D eigenvalue weighted by molar-refractivity contribution is 7.10. The van der Waals surface area contributed by atoms with E-state index in [0.29, 0.717) is 0 Å². The van der Waals surface area contributed by atoms with Crippen molar-refractivity contribution in [1.82, 2.24) is 0 Å². The lowest BCUT2D eigenvalue weighted by Crippen LogP contribution is -2.12. The van der Waals surface area contributed by atoms with Gasteiger partial charge in [0.25, 0.3) is 0 Å². The zero-order valence-corrected chi connectivity index (χ0v) is 8.03. The first kappa shape index (κ1) is 8.75. The maximum atomic E-state index is 9.61. The molecule has 11 heavy (non-hydrogen) atoms. The molecule has 1 N–H and O–H groups in total. The van der Waals surface area contributed by atoms with Crippen LogP contribution in [0.1, 0.15) is 31.2 Å². The molecule has 1 rings (SSSR count). The summed E-state index contributed by atoms with van der Waals surface area (Å²) in [5.74, 6) is 0. The molecule has 62 valence electrons. The second-order valence-electron chi connectivity index (χ2n) is 3.23. The molecule has 0 aliphatic heterocycles. The van der Waals surface area contributed by atoms with Crippen molar-refractivity contribution < 1.29 is 5.11 Å². The Bertz CT molecular complexity index is 232. The lowest BCUT2D eigenvalue weighted by atomic mass is 10.1. The SMILES string of the molecule is CCc1csc(C(C)(C)O)c1. The summed E-state index contributed by atoms with van der Waals surface area (Å²) in [5.41, 5.74) is 0.644. The van der Waals surface area contributed by atoms with E-state index in [2.05, 4.69) is 18.4 Å². The molecule has 0 saturated carbocycles. The minimum atomic E-state index is -0.669. The monoisotopic (exact) mass is 170 g/mol. The normalized spacial score (nSPS) is 12.0. The van der Waals surface area contributed by atoms with Crippen LogP contribution >= 0.6 is 11.3 Å². The Kier molecular flexibility index (Phi) is 2.35. The summed E-state index contributed by atoms with van der Waals surface area (Å²) >= 11 is 1.63. The molecule has 0 amide bonds. The molecule has 1 nitrogen and oxygen atoms in total. The van der Waals surface area contributed by atoms with Gasteiger partial charge in [-0.1, -0.05) is 6.92 Å². The second kappa shape index (κ2) is 2.95. The van der Waals surface area contributed by atoms with E-state index in [1.54, 1.807) is 11.3 Å². The zero-order valence-electron chi connectivity index (χ0n) is 7.22. The molecular weight excluding hydrogens is 156 g/mol. The van der Waals surface area contributed by atoms with Crippen molar-refractivity contribution in [2.24, 2.45) is 0 Å². The van der Waals surface area contributed by atoms with E-state index in [4.69, 9.17) is 0 Å². The average Bonchev–Trinajstić information content (AvgIpc) is 2.32. The Morgan fingerprint density at radius 2 is 2.18 bits per heavy atom.